The molecule has 3 aromatic carbocycles. The Bertz CT molecular complexity index is 1770. The number of amides is 2. The normalized spacial score (nSPS) is 13.9. The molecule has 1 fully saturated rings. The maximum atomic E-state index is 13.7. The second-order valence-electron chi connectivity index (χ2n) is 11.9. The number of nitrogens with one attached hydrogen (secondary N) is 1. The van der Waals surface area contributed by atoms with Crippen molar-refractivity contribution in [3.8, 4) is 11.3 Å². The monoisotopic (exact) mass is 611 g/mol. The molecule has 2 heterocycles. The lowest BCUT2D eigenvalue weighted by atomic mass is 9.97. The number of hydrogen-bond acceptors (Lipinski definition) is 6. The van der Waals surface area contributed by atoms with Crippen molar-refractivity contribution >= 4 is 39.8 Å². The standard InChI is InChI=1S/C34H37N5O4S/c1-23-27(12-9-13-29(23)39(34(2,3)4)32(41)24-10-7-6-8-11-24)28-22-37(5)33(42)30(36-28)35-26-16-14-25(15-17-26)31(40)38-18-20-44(43)21-19-38/h6-17,22H,18-21H2,1-5H3,(H,35,36). The summed E-state index contributed by atoms with van der Waals surface area (Å²) >= 11 is 0. The van der Waals surface area contributed by atoms with Crippen molar-refractivity contribution in [2.45, 2.75) is 33.2 Å². The zero-order valence-corrected chi connectivity index (χ0v) is 26.5. The highest BCUT2D eigenvalue weighted by atomic mass is 32.2. The molecule has 0 atom stereocenters. The third-order valence-electron chi connectivity index (χ3n) is 7.65. The Morgan fingerprint density at radius 2 is 1.57 bits per heavy atom. The highest BCUT2D eigenvalue weighted by molar-refractivity contribution is 7.85. The van der Waals surface area contributed by atoms with E-state index in [1.807, 2.05) is 76.2 Å². The van der Waals surface area contributed by atoms with Crippen molar-refractivity contribution in [3.63, 3.8) is 0 Å². The van der Waals surface area contributed by atoms with Crippen molar-refractivity contribution in [1.29, 1.82) is 0 Å². The molecular weight excluding hydrogens is 574 g/mol. The van der Waals surface area contributed by atoms with Crippen LogP contribution in [-0.2, 0) is 17.8 Å². The molecule has 4 aromatic rings. The third-order valence-corrected chi connectivity index (χ3v) is 8.92. The van der Waals surface area contributed by atoms with Crippen molar-refractivity contribution in [2.75, 3.05) is 34.8 Å². The predicted octanol–water partition coefficient (Wildman–Crippen LogP) is 5.15. The van der Waals surface area contributed by atoms with Gasteiger partial charge in [0.1, 0.15) is 0 Å². The Morgan fingerprint density at radius 3 is 2.20 bits per heavy atom. The molecular formula is C34H37N5O4S. The number of benzene rings is 3. The molecule has 10 heteroatoms. The van der Waals surface area contributed by atoms with Gasteiger partial charge < -0.3 is 19.7 Å². The Hall–Kier alpha value is -4.57. The van der Waals surface area contributed by atoms with Gasteiger partial charge in [-0.15, -0.1) is 0 Å². The van der Waals surface area contributed by atoms with Crippen LogP contribution < -0.4 is 15.8 Å². The summed E-state index contributed by atoms with van der Waals surface area (Å²) in [5.74, 6) is 0.925. The maximum absolute atomic E-state index is 13.7. The Morgan fingerprint density at radius 1 is 0.909 bits per heavy atom. The van der Waals surface area contributed by atoms with Crippen LogP contribution in [0.2, 0.25) is 0 Å². The van der Waals surface area contributed by atoms with Crippen LogP contribution in [-0.4, -0.2) is 60.6 Å². The van der Waals surface area contributed by atoms with Gasteiger partial charge in [-0.25, -0.2) is 4.98 Å². The molecule has 2 amide bonds. The highest BCUT2D eigenvalue weighted by Crippen LogP contribution is 2.34. The second-order valence-corrected chi connectivity index (χ2v) is 13.6. The van der Waals surface area contributed by atoms with Gasteiger partial charge in [-0.2, -0.15) is 0 Å². The number of rotatable bonds is 6. The fraction of sp³-hybridized carbons (Fsp3) is 0.294. The quantitative estimate of drug-likeness (QED) is 0.324. The van der Waals surface area contributed by atoms with Crippen LogP contribution in [0.15, 0.2) is 83.8 Å². The molecule has 1 aromatic heterocycles. The first-order chi connectivity index (χ1) is 20.9. The van der Waals surface area contributed by atoms with Gasteiger partial charge in [-0.3, -0.25) is 18.6 Å². The smallest absolute Gasteiger partial charge is 0.293 e. The van der Waals surface area contributed by atoms with Gasteiger partial charge >= 0.3 is 0 Å². The average Bonchev–Trinajstić information content (AvgIpc) is 3.00. The van der Waals surface area contributed by atoms with Crippen molar-refractivity contribution in [1.82, 2.24) is 14.5 Å². The fourth-order valence-corrected chi connectivity index (χ4v) is 6.35. The summed E-state index contributed by atoms with van der Waals surface area (Å²) in [5, 5.41) is 3.12. The minimum Gasteiger partial charge on any atom is -0.337 e. The van der Waals surface area contributed by atoms with Crippen LogP contribution in [0, 0.1) is 6.92 Å². The number of aryl methyl sites for hydroxylation is 1. The van der Waals surface area contributed by atoms with Gasteiger partial charge in [-0.05, 0) is 75.7 Å². The maximum Gasteiger partial charge on any atom is 0.293 e. The molecule has 0 bridgehead atoms. The SMILES string of the molecule is Cc1c(-c2cn(C)c(=O)c(Nc3ccc(C(=O)N4CCS(=O)CC4)cc3)n2)cccc1N(C(=O)c1ccccc1)C(C)(C)C. The summed E-state index contributed by atoms with van der Waals surface area (Å²) in [6.45, 7) is 8.91. The zero-order chi connectivity index (χ0) is 31.6. The number of hydrogen-bond donors (Lipinski definition) is 1. The molecule has 5 rings (SSSR count). The lowest BCUT2D eigenvalue weighted by Crippen LogP contribution is -2.46. The van der Waals surface area contributed by atoms with Gasteiger partial charge in [0.25, 0.3) is 17.4 Å². The molecule has 1 aliphatic rings. The van der Waals surface area contributed by atoms with Gasteiger partial charge in [0.05, 0.1) is 5.69 Å². The summed E-state index contributed by atoms with van der Waals surface area (Å²) in [6, 6.07) is 21.9. The fourth-order valence-electron chi connectivity index (χ4n) is 5.30. The van der Waals surface area contributed by atoms with E-state index >= 15 is 0 Å². The van der Waals surface area contributed by atoms with Crippen LogP contribution in [0.25, 0.3) is 11.3 Å². The van der Waals surface area contributed by atoms with E-state index in [9.17, 15) is 18.6 Å². The van der Waals surface area contributed by atoms with Crippen LogP contribution in [0.4, 0.5) is 17.2 Å². The van der Waals surface area contributed by atoms with E-state index in [2.05, 4.69) is 5.32 Å². The van der Waals surface area contributed by atoms with E-state index in [0.29, 0.717) is 47.1 Å². The molecule has 44 heavy (non-hydrogen) atoms. The van der Waals surface area contributed by atoms with E-state index in [1.54, 1.807) is 47.3 Å². The van der Waals surface area contributed by atoms with Crippen molar-refractivity contribution < 1.29 is 13.8 Å². The van der Waals surface area contributed by atoms with E-state index in [0.717, 1.165) is 16.8 Å². The first kappa shape index (κ1) is 30.9. The van der Waals surface area contributed by atoms with E-state index < -0.39 is 16.3 Å². The van der Waals surface area contributed by atoms with E-state index in [-0.39, 0.29) is 23.2 Å². The van der Waals surface area contributed by atoms with Gasteiger partial charge in [0.15, 0.2) is 5.82 Å². The topological polar surface area (TPSA) is 105 Å². The van der Waals surface area contributed by atoms with Crippen LogP contribution in [0.1, 0.15) is 47.1 Å². The van der Waals surface area contributed by atoms with Crippen molar-refractivity contribution in [3.05, 3.63) is 106 Å². The first-order valence-corrected chi connectivity index (χ1v) is 16.0. The van der Waals surface area contributed by atoms with Gasteiger partial charge in [-0.1, -0.05) is 30.3 Å². The Balaban J connectivity index is 1.45. The largest absolute Gasteiger partial charge is 0.337 e. The first-order valence-electron chi connectivity index (χ1n) is 14.5. The van der Waals surface area contributed by atoms with Crippen molar-refractivity contribution in [2.24, 2.45) is 7.05 Å². The molecule has 0 spiro atoms. The van der Waals surface area contributed by atoms with E-state index in [4.69, 9.17) is 4.98 Å². The van der Waals surface area contributed by atoms with Crippen LogP contribution >= 0.6 is 0 Å². The summed E-state index contributed by atoms with van der Waals surface area (Å²) in [5.41, 5.74) is 3.89. The minimum atomic E-state index is -0.860. The number of carbonyl (C=O) groups excluding carboxylic acids is 2. The second kappa shape index (κ2) is 12.6. The molecule has 0 saturated carbocycles. The number of nitrogens with zero attached hydrogens (tertiary/aromatic N) is 4. The molecule has 228 valence electrons. The zero-order valence-electron chi connectivity index (χ0n) is 25.7. The number of carbonyl (C=O) groups is 2. The highest BCUT2D eigenvalue weighted by Gasteiger charge is 2.31. The summed E-state index contributed by atoms with van der Waals surface area (Å²) < 4.78 is 13.1. The number of aromatic nitrogens is 2. The molecule has 0 unspecified atom stereocenters. The Labute approximate surface area is 260 Å². The number of anilines is 3. The van der Waals surface area contributed by atoms with E-state index in [1.165, 1.54) is 4.57 Å². The Kier molecular flexibility index (Phi) is 8.82. The predicted molar refractivity (Wildman–Crippen MR) is 176 cm³/mol. The van der Waals surface area contributed by atoms with Crippen LogP contribution in [0.3, 0.4) is 0 Å². The summed E-state index contributed by atoms with van der Waals surface area (Å²) in [7, 11) is 0.812. The average molecular weight is 612 g/mol. The summed E-state index contributed by atoms with van der Waals surface area (Å²) in [6.07, 6.45) is 1.69. The molecule has 1 N–H and O–H groups in total. The molecule has 1 aliphatic heterocycles. The molecule has 0 aliphatic carbocycles. The van der Waals surface area contributed by atoms with Gasteiger partial charge in [0, 0.05) is 82.2 Å². The molecule has 0 radical (unpaired) electrons. The summed E-state index contributed by atoms with van der Waals surface area (Å²) in [4.78, 5) is 48.0. The molecule has 9 nitrogen and oxygen atoms in total. The lowest BCUT2D eigenvalue weighted by Gasteiger charge is -2.37. The molecule has 1 saturated heterocycles. The third kappa shape index (κ3) is 6.50. The van der Waals surface area contributed by atoms with Gasteiger partial charge in [0.2, 0.25) is 0 Å². The lowest BCUT2D eigenvalue weighted by molar-refractivity contribution is 0.0771. The van der Waals surface area contributed by atoms with Crippen LogP contribution in [0.5, 0.6) is 0 Å². The minimum absolute atomic E-state index is 0.102.